The minimum Gasteiger partial charge on any atom is -0.392 e. The Kier molecular flexibility index (Phi) is 7.52. The lowest BCUT2D eigenvalue weighted by Crippen LogP contribution is -2.29. The second-order valence-electron chi connectivity index (χ2n) is 11.7. The van der Waals surface area contributed by atoms with Crippen LogP contribution in [-0.2, 0) is 37.8 Å². The van der Waals surface area contributed by atoms with E-state index < -0.39 is 0 Å². The highest BCUT2D eigenvalue weighted by molar-refractivity contribution is 5.81. The van der Waals surface area contributed by atoms with Crippen molar-refractivity contribution in [2.45, 2.75) is 60.6 Å². The maximum atomic E-state index is 13.0. The number of aliphatic hydroxyl groups excluding tert-OH is 1. The Balaban J connectivity index is 1.47. The van der Waals surface area contributed by atoms with E-state index in [2.05, 4.69) is 51.7 Å². The summed E-state index contributed by atoms with van der Waals surface area (Å²) in [5, 5.41) is 13.6. The summed E-state index contributed by atoms with van der Waals surface area (Å²) in [6, 6.07) is 7.54. The van der Waals surface area contributed by atoms with Crippen molar-refractivity contribution in [2.75, 3.05) is 16.8 Å². The number of nitrogens with one attached hydrogen (secondary N) is 1. The van der Waals surface area contributed by atoms with Crippen LogP contribution in [0, 0.1) is 26.2 Å². The quantitative estimate of drug-likeness (QED) is 0.300. The summed E-state index contributed by atoms with van der Waals surface area (Å²) in [4.78, 5) is 40.1. The monoisotopic (exact) mass is 555 g/mol. The van der Waals surface area contributed by atoms with Gasteiger partial charge in [-0.2, -0.15) is 0 Å². The van der Waals surface area contributed by atoms with Gasteiger partial charge in [-0.25, -0.2) is 15.0 Å². The summed E-state index contributed by atoms with van der Waals surface area (Å²) in [6.07, 6.45) is 6.16. The summed E-state index contributed by atoms with van der Waals surface area (Å²) in [5.74, 6) is 1.51. The first-order valence-electron chi connectivity index (χ1n) is 13.8. The summed E-state index contributed by atoms with van der Waals surface area (Å²) >= 11 is 0. The van der Waals surface area contributed by atoms with Gasteiger partial charge < -0.3 is 19.6 Å². The van der Waals surface area contributed by atoms with Crippen molar-refractivity contribution in [3.05, 3.63) is 81.0 Å². The number of aryl methyl sites for hydroxylation is 4. The van der Waals surface area contributed by atoms with Crippen LogP contribution in [0.3, 0.4) is 0 Å². The predicted molar refractivity (Wildman–Crippen MR) is 159 cm³/mol. The minimum absolute atomic E-state index is 0.227. The Morgan fingerprint density at radius 3 is 2.63 bits per heavy atom. The van der Waals surface area contributed by atoms with Crippen molar-refractivity contribution in [1.82, 2.24) is 24.1 Å². The van der Waals surface area contributed by atoms with E-state index in [1.165, 1.54) is 21.5 Å². The van der Waals surface area contributed by atoms with Gasteiger partial charge in [-0.15, -0.1) is 0 Å². The third-order valence-electron chi connectivity index (χ3n) is 7.70. The first-order valence-corrected chi connectivity index (χ1v) is 13.8. The van der Waals surface area contributed by atoms with Crippen LogP contribution in [0.15, 0.2) is 41.5 Å². The van der Waals surface area contributed by atoms with Gasteiger partial charge in [0.2, 0.25) is 6.41 Å². The Labute approximate surface area is 239 Å². The van der Waals surface area contributed by atoms with E-state index in [0.717, 1.165) is 24.9 Å². The molecule has 1 amide bonds. The SMILES string of the molecule is Cc1cc(Nc2cc(-c3ccnc(N(C=O)CCn4c(C)cc5c4CC(C)(C)C5)c3CO)cn(C)c2=O)nc(C)n1. The molecule has 0 fully saturated rings. The van der Waals surface area contributed by atoms with Crippen molar-refractivity contribution in [2.24, 2.45) is 12.5 Å². The standard InChI is InChI=1S/C31H37N7O3/c1-19-11-28(34-21(3)33-19)35-26-13-23(16-36(6)30(26)41)24-7-8-32-29(25(24)17-39)37(18-40)9-10-38-20(2)12-22-14-31(4,5)15-27(22)38/h7-8,11-13,16,18,39H,9-10,14-15,17H2,1-6H3,(H,33,34,35). The van der Waals surface area contributed by atoms with Gasteiger partial charge in [-0.3, -0.25) is 14.5 Å². The van der Waals surface area contributed by atoms with Gasteiger partial charge in [0.15, 0.2) is 0 Å². The number of anilines is 3. The predicted octanol–water partition coefficient (Wildman–Crippen LogP) is 3.99. The number of hydrogen-bond acceptors (Lipinski definition) is 7. The molecule has 4 heterocycles. The fourth-order valence-electron chi connectivity index (χ4n) is 5.94. The van der Waals surface area contributed by atoms with Crippen molar-refractivity contribution in [3.63, 3.8) is 0 Å². The third-order valence-corrected chi connectivity index (χ3v) is 7.70. The molecule has 214 valence electrons. The average molecular weight is 556 g/mol. The Morgan fingerprint density at radius 2 is 1.93 bits per heavy atom. The molecule has 2 N–H and O–H groups in total. The van der Waals surface area contributed by atoms with Crippen molar-refractivity contribution in [3.8, 4) is 11.1 Å². The third kappa shape index (κ3) is 5.65. The number of rotatable bonds is 9. The van der Waals surface area contributed by atoms with Crippen LogP contribution in [-0.4, -0.2) is 42.1 Å². The average Bonchev–Trinajstić information content (AvgIpc) is 3.35. The topological polar surface area (TPSA) is 118 Å². The molecule has 0 spiro atoms. The Morgan fingerprint density at radius 1 is 1.15 bits per heavy atom. The molecule has 0 radical (unpaired) electrons. The zero-order valence-corrected chi connectivity index (χ0v) is 24.5. The highest BCUT2D eigenvalue weighted by Gasteiger charge is 2.32. The van der Waals surface area contributed by atoms with Crippen LogP contribution in [0.2, 0.25) is 0 Å². The van der Waals surface area contributed by atoms with E-state index in [0.29, 0.717) is 52.9 Å². The number of fused-ring (bicyclic) bond motifs is 1. The van der Waals surface area contributed by atoms with Gasteiger partial charge in [0, 0.05) is 66.8 Å². The highest BCUT2D eigenvalue weighted by Crippen LogP contribution is 2.38. The van der Waals surface area contributed by atoms with Gasteiger partial charge in [0.25, 0.3) is 5.56 Å². The molecule has 0 aliphatic heterocycles. The van der Waals surface area contributed by atoms with Crippen LogP contribution < -0.4 is 15.8 Å². The van der Waals surface area contributed by atoms with E-state index in [9.17, 15) is 14.7 Å². The summed E-state index contributed by atoms with van der Waals surface area (Å²) in [5.41, 5.74) is 6.90. The number of hydrogen-bond donors (Lipinski definition) is 2. The molecule has 0 atom stereocenters. The van der Waals surface area contributed by atoms with Gasteiger partial charge in [0.05, 0.1) is 6.61 Å². The van der Waals surface area contributed by atoms with E-state index in [-0.39, 0.29) is 17.6 Å². The van der Waals surface area contributed by atoms with Crippen molar-refractivity contribution < 1.29 is 9.90 Å². The molecule has 1 aliphatic rings. The normalized spacial score (nSPS) is 13.7. The number of nitrogens with zero attached hydrogens (tertiary/aromatic N) is 6. The van der Waals surface area contributed by atoms with E-state index in [1.807, 2.05) is 6.92 Å². The van der Waals surface area contributed by atoms with Gasteiger partial charge in [0.1, 0.15) is 23.1 Å². The number of carbonyl (C=O) groups is 1. The fourth-order valence-corrected chi connectivity index (χ4v) is 5.94. The van der Waals surface area contributed by atoms with Crippen LogP contribution >= 0.6 is 0 Å². The molecule has 0 aromatic carbocycles. The first-order chi connectivity index (χ1) is 19.5. The Hall–Kier alpha value is -4.31. The number of aliphatic hydroxyl groups is 1. The zero-order valence-electron chi connectivity index (χ0n) is 24.5. The fraction of sp³-hybridized carbons (Fsp3) is 0.387. The second-order valence-corrected chi connectivity index (χ2v) is 11.7. The molecule has 10 nitrogen and oxygen atoms in total. The number of amides is 1. The summed E-state index contributed by atoms with van der Waals surface area (Å²) in [7, 11) is 1.67. The van der Waals surface area contributed by atoms with Crippen molar-refractivity contribution >= 4 is 23.7 Å². The molecule has 1 aliphatic carbocycles. The summed E-state index contributed by atoms with van der Waals surface area (Å²) in [6.45, 7) is 11.0. The molecular weight excluding hydrogens is 518 g/mol. The number of carbonyl (C=O) groups excluding carboxylic acids is 1. The Bertz CT molecular complexity index is 1670. The zero-order chi connectivity index (χ0) is 29.5. The van der Waals surface area contributed by atoms with Gasteiger partial charge in [-0.1, -0.05) is 13.8 Å². The number of aromatic nitrogens is 5. The molecule has 0 unspecified atom stereocenters. The molecule has 4 aromatic rings. The minimum atomic E-state index is -0.328. The molecule has 10 heteroatoms. The van der Waals surface area contributed by atoms with Gasteiger partial charge >= 0.3 is 0 Å². The number of pyridine rings is 2. The molecule has 0 saturated heterocycles. The van der Waals surface area contributed by atoms with Crippen LogP contribution in [0.1, 0.15) is 47.9 Å². The molecule has 5 rings (SSSR count). The highest BCUT2D eigenvalue weighted by atomic mass is 16.3. The maximum absolute atomic E-state index is 13.0. The lowest BCUT2D eigenvalue weighted by Gasteiger charge is -2.23. The van der Waals surface area contributed by atoms with Gasteiger partial charge in [-0.05, 0) is 68.4 Å². The molecular formula is C31H37N7O3. The lowest BCUT2D eigenvalue weighted by atomic mass is 9.90. The maximum Gasteiger partial charge on any atom is 0.274 e. The molecule has 0 bridgehead atoms. The smallest absolute Gasteiger partial charge is 0.274 e. The van der Waals surface area contributed by atoms with Crippen LogP contribution in [0.25, 0.3) is 11.1 Å². The first kappa shape index (κ1) is 28.2. The van der Waals surface area contributed by atoms with Crippen molar-refractivity contribution in [1.29, 1.82) is 0 Å². The molecule has 4 aromatic heterocycles. The van der Waals surface area contributed by atoms with E-state index >= 15 is 0 Å². The summed E-state index contributed by atoms with van der Waals surface area (Å²) < 4.78 is 3.78. The molecule has 0 saturated carbocycles. The van der Waals surface area contributed by atoms with Crippen LogP contribution in [0.5, 0.6) is 0 Å². The van der Waals surface area contributed by atoms with Crippen LogP contribution in [0.4, 0.5) is 17.3 Å². The molecule has 41 heavy (non-hydrogen) atoms. The van der Waals surface area contributed by atoms with E-state index in [4.69, 9.17) is 0 Å². The van der Waals surface area contributed by atoms with E-state index in [1.54, 1.807) is 49.5 Å². The largest absolute Gasteiger partial charge is 0.392 e. The lowest BCUT2D eigenvalue weighted by molar-refractivity contribution is -0.107. The second kappa shape index (κ2) is 10.9.